The summed E-state index contributed by atoms with van der Waals surface area (Å²) in [5.41, 5.74) is 0.0194. The topological polar surface area (TPSA) is 111 Å². The molecular weight excluding hydrogens is 508 g/mol. The van der Waals surface area contributed by atoms with E-state index in [1.807, 2.05) is 4.90 Å². The lowest BCUT2D eigenvalue weighted by atomic mass is 9.93. The molecule has 3 N–H and O–H groups in total. The van der Waals surface area contributed by atoms with E-state index in [1.54, 1.807) is 20.8 Å². The molecule has 37 heavy (non-hydrogen) atoms. The van der Waals surface area contributed by atoms with E-state index in [0.717, 1.165) is 30.2 Å². The molecule has 1 aliphatic heterocycles. The number of H-pyrrole nitrogens is 1. The summed E-state index contributed by atoms with van der Waals surface area (Å²) < 4.78 is 35.4. The summed E-state index contributed by atoms with van der Waals surface area (Å²) >= 11 is 6.62. The number of nitrogens with zero attached hydrogens (tertiary/aromatic N) is 3. The number of aromatic nitrogens is 2. The highest BCUT2D eigenvalue weighted by molar-refractivity contribution is 6.36. The van der Waals surface area contributed by atoms with Gasteiger partial charge in [-0.15, -0.1) is 0 Å². The molecule has 2 amide bonds. The molecule has 3 heterocycles. The lowest BCUT2D eigenvalue weighted by Gasteiger charge is -2.36. The van der Waals surface area contributed by atoms with Gasteiger partial charge in [-0.25, -0.2) is 23.4 Å². The van der Waals surface area contributed by atoms with Crippen molar-refractivity contribution in [2.75, 3.05) is 29.9 Å². The highest BCUT2D eigenvalue weighted by Crippen LogP contribution is 2.54. The monoisotopic (exact) mass is 535 g/mol. The van der Waals surface area contributed by atoms with Crippen LogP contribution in [0.15, 0.2) is 12.3 Å². The second kappa shape index (κ2) is 8.61. The lowest BCUT2D eigenvalue weighted by molar-refractivity contribution is 0.0514. The Hall–Kier alpha value is -3.34. The number of pyridine rings is 1. The summed E-state index contributed by atoms with van der Waals surface area (Å²) in [4.78, 5) is 34.0. The van der Waals surface area contributed by atoms with Crippen LogP contribution in [0.3, 0.4) is 0 Å². The van der Waals surface area contributed by atoms with Crippen LogP contribution in [-0.4, -0.2) is 59.0 Å². The van der Waals surface area contributed by atoms with Crippen molar-refractivity contribution in [1.82, 2.24) is 15.3 Å². The number of carbonyl (C=O) groups is 2. The third-order valence-corrected chi connectivity index (χ3v) is 7.43. The molecule has 5 rings (SSSR count). The van der Waals surface area contributed by atoms with Crippen molar-refractivity contribution in [3.05, 3.63) is 28.9 Å². The Labute approximate surface area is 216 Å². The van der Waals surface area contributed by atoms with E-state index < -0.39 is 29.4 Å². The quantitative estimate of drug-likeness (QED) is 0.400. The molecule has 198 valence electrons. The number of halogens is 3. The Bertz CT molecular complexity index is 1440. The van der Waals surface area contributed by atoms with Gasteiger partial charge in [0.15, 0.2) is 11.6 Å². The van der Waals surface area contributed by atoms with Gasteiger partial charge in [0.1, 0.15) is 11.2 Å². The number of benzene rings is 1. The van der Waals surface area contributed by atoms with Gasteiger partial charge in [0.25, 0.3) is 0 Å². The predicted molar refractivity (Wildman–Crippen MR) is 137 cm³/mol. The minimum absolute atomic E-state index is 0.0413. The third-order valence-electron chi connectivity index (χ3n) is 7.15. The molecule has 2 unspecified atom stereocenters. The fraction of sp³-hybridized carbons (Fsp3) is 0.480. The van der Waals surface area contributed by atoms with Crippen molar-refractivity contribution in [2.45, 2.75) is 51.7 Å². The minimum Gasteiger partial charge on any atom is -0.465 e. The summed E-state index contributed by atoms with van der Waals surface area (Å²) in [6.07, 6.45) is 2.10. The number of rotatable bonds is 3. The van der Waals surface area contributed by atoms with Crippen LogP contribution in [0.5, 0.6) is 0 Å². The second-order valence-electron chi connectivity index (χ2n) is 10.9. The molecule has 0 radical (unpaired) electrons. The van der Waals surface area contributed by atoms with Crippen LogP contribution in [-0.2, 0) is 4.74 Å². The zero-order valence-corrected chi connectivity index (χ0v) is 21.7. The van der Waals surface area contributed by atoms with Gasteiger partial charge < -0.3 is 25.0 Å². The average Bonchev–Trinajstić information content (AvgIpc) is 3.27. The lowest BCUT2D eigenvalue weighted by Crippen LogP contribution is -2.42. The molecule has 12 heteroatoms. The first-order valence-corrected chi connectivity index (χ1v) is 12.4. The molecule has 1 saturated carbocycles. The normalized spacial score (nSPS) is 21.5. The second-order valence-corrected chi connectivity index (χ2v) is 11.3. The Morgan fingerprint density at radius 2 is 2.08 bits per heavy atom. The van der Waals surface area contributed by atoms with Gasteiger partial charge in [0.05, 0.1) is 38.9 Å². The van der Waals surface area contributed by atoms with E-state index in [-0.39, 0.29) is 44.1 Å². The van der Waals surface area contributed by atoms with E-state index in [2.05, 4.69) is 15.3 Å². The number of hydrogen-bond donors (Lipinski definition) is 3. The molecule has 9 nitrogen and oxygen atoms in total. The van der Waals surface area contributed by atoms with Crippen LogP contribution in [0.4, 0.5) is 29.7 Å². The molecule has 1 aliphatic carbocycles. The Morgan fingerprint density at radius 1 is 1.35 bits per heavy atom. The number of aromatic amines is 1. The van der Waals surface area contributed by atoms with Gasteiger partial charge in [-0.3, -0.25) is 4.90 Å². The molecule has 2 atom stereocenters. The van der Waals surface area contributed by atoms with Crippen LogP contribution >= 0.6 is 11.6 Å². The maximum Gasteiger partial charge on any atom is 0.411 e. The first-order valence-electron chi connectivity index (χ1n) is 12.0. The smallest absolute Gasteiger partial charge is 0.411 e. The number of ether oxygens (including phenoxy) is 1. The molecule has 2 aliphatic rings. The number of fused-ring (bicyclic) bond motifs is 3. The fourth-order valence-corrected chi connectivity index (χ4v) is 5.65. The number of nitrogens with one attached hydrogen (secondary N) is 2. The van der Waals surface area contributed by atoms with Crippen molar-refractivity contribution < 1.29 is 28.2 Å². The molecule has 2 fully saturated rings. The van der Waals surface area contributed by atoms with Crippen LogP contribution in [0.2, 0.25) is 5.02 Å². The molecule has 1 spiro atoms. The Morgan fingerprint density at radius 3 is 2.76 bits per heavy atom. The van der Waals surface area contributed by atoms with Gasteiger partial charge in [0, 0.05) is 37.7 Å². The highest BCUT2D eigenvalue weighted by atomic mass is 35.5. The van der Waals surface area contributed by atoms with Gasteiger partial charge in [0.2, 0.25) is 0 Å². The largest absolute Gasteiger partial charge is 0.465 e. The summed E-state index contributed by atoms with van der Waals surface area (Å²) in [6.45, 7) is 6.56. The highest BCUT2D eigenvalue weighted by Gasteiger charge is 2.57. The van der Waals surface area contributed by atoms with Crippen LogP contribution in [0.25, 0.3) is 21.9 Å². The van der Waals surface area contributed by atoms with E-state index in [0.29, 0.717) is 18.8 Å². The Kier molecular flexibility index (Phi) is 5.89. The molecule has 1 aromatic carbocycles. The maximum absolute atomic E-state index is 15.3. The van der Waals surface area contributed by atoms with E-state index in [4.69, 9.17) is 16.3 Å². The van der Waals surface area contributed by atoms with Crippen molar-refractivity contribution in [3.8, 4) is 0 Å². The minimum atomic E-state index is -1.33. The van der Waals surface area contributed by atoms with Crippen molar-refractivity contribution in [2.24, 2.45) is 5.41 Å². The van der Waals surface area contributed by atoms with Crippen molar-refractivity contribution in [3.63, 3.8) is 0 Å². The molecule has 2 aromatic heterocycles. The summed E-state index contributed by atoms with van der Waals surface area (Å²) in [5.74, 6) is -2.29. The maximum atomic E-state index is 15.3. The standard InChI is InChI=1S/C25H28ClF2N5O4/c1-24(2,3)37-22(34)30-15-9-25(15)6-5-7-33(11-25)20-12(26)10-29-21-17(20)16-18(28)13(27)8-14(19(16)31-21)32(4)23(35)36/h8,10,15H,5-7,9,11H2,1-4H3,(H,29,31)(H,30,34)(H,35,36). The van der Waals surface area contributed by atoms with Crippen LogP contribution in [0.1, 0.15) is 40.0 Å². The predicted octanol–water partition coefficient (Wildman–Crippen LogP) is 5.65. The summed E-state index contributed by atoms with van der Waals surface area (Å²) in [6, 6.07) is 0.768. The first-order chi connectivity index (χ1) is 17.3. The Balaban J connectivity index is 1.55. The number of anilines is 2. The number of alkyl carbamates (subject to hydrolysis) is 1. The fourth-order valence-electron chi connectivity index (χ4n) is 5.38. The number of hydrogen-bond acceptors (Lipinski definition) is 5. The zero-order chi connectivity index (χ0) is 26.9. The number of piperidine rings is 1. The van der Waals surface area contributed by atoms with E-state index >= 15 is 4.39 Å². The first kappa shape index (κ1) is 25.3. The van der Waals surface area contributed by atoms with Crippen LogP contribution < -0.4 is 15.1 Å². The van der Waals surface area contributed by atoms with Gasteiger partial charge in [-0.05, 0) is 40.0 Å². The van der Waals surface area contributed by atoms with Crippen molar-refractivity contribution >= 4 is 57.1 Å². The molecule has 0 bridgehead atoms. The molecule has 3 aromatic rings. The number of amides is 2. The van der Waals surface area contributed by atoms with E-state index in [1.165, 1.54) is 13.2 Å². The molecular formula is C25H28ClF2N5O4. The SMILES string of the molecule is CN(C(=O)O)c1cc(F)c(F)c2c1[nH]c1ncc(Cl)c(N3CCCC4(CC4NC(=O)OC(C)(C)C)C3)c12. The van der Waals surface area contributed by atoms with Gasteiger partial charge >= 0.3 is 12.2 Å². The van der Waals surface area contributed by atoms with E-state index in [9.17, 15) is 19.1 Å². The van der Waals surface area contributed by atoms with Gasteiger partial charge in [-0.1, -0.05) is 11.6 Å². The van der Waals surface area contributed by atoms with Crippen molar-refractivity contribution in [1.29, 1.82) is 0 Å². The average molecular weight is 536 g/mol. The summed E-state index contributed by atoms with van der Waals surface area (Å²) in [5, 5.41) is 12.9. The number of carboxylic acid groups (broad SMARTS) is 1. The van der Waals surface area contributed by atoms with Gasteiger partial charge in [-0.2, -0.15) is 0 Å². The van der Waals surface area contributed by atoms with Crippen LogP contribution in [0, 0.1) is 17.0 Å². The zero-order valence-electron chi connectivity index (χ0n) is 20.9. The third kappa shape index (κ3) is 4.39. The summed E-state index contributed by atoms with van der Waals surface area (Å²) in [7, 11) is 1.25. The number of carbonyl (C=O) groups excluding carboxylic acids is 1. The molecule has 1 saturated heterocycles.